The predicted octanol–water partition coefficient (Wildman–Crippen LogP) is 3.91. The molecule has 102 valence electrons. The maximum atomic E-state index is 10.5. The lowest BCUT2D eigenvalue weighted by atomic mass is 10.1. The Morgan fingerprint density at radius 1 is 1.10 bits per heavy atom. The maximum Gasteiger partial charge on any atom is 0.140 e. The molecule has 0 saturated carbocycles. The van der Waals surface area contributed by atoms with Crippen molar-refractivity contribution in [1.29, 1.82) is 0 Å². The van der Waals surface area contributed by atoms with Gasteiger partial charge in [0.15, 0.2) is 0 Å². The molecule has 2 aromatic carbocycles. The average molecular weight is 268 g/mol. The fourth-order valence-corrected chi connectivity index (χ4v) is 2.28. The minimum absolute atomic E-state index is 0.526. The van der Waals surface area contributed by atoms with Gasteiger partial charge in [-0.2, -0.15) is 0 Å². The molecule has 1 unspecified atom stereocenters. The average Bonchev–Trinajstić information content (AvgIpc) is 2.91. The molecule has 0 spiro atoms. The van der Waals surface area contributed by atoms with Gasteiger partial charge in [0.05, 0.1) is 6.61 Å². The van der Waals surface area contributed by atoms with Gasteiger partial charge in [-0.1, -0.05) is 36.4 Å². The van der Waals surface area contributed by atoms with Crippen LogP contribution < -0.4 is 4.74 Å². The molecule has 0 aliphatic rings. The molecule has 1 aromatic heterocycles. The summed E-state index contributed by atoms with van der Waals surface area (Å²) in [5.74, 6) is 1.21. The molecule has 0 bridgehead atoms. The Balaban J connectivity index is 2.01. The first kappa shape index (κ1) is 12.8. The Bertz CT molecular complexity index is 682. The fraction of sp³-hybridized carbons (Fsp3) is 0.176. The summed E-state index contributed by atoms with van der Waals surface area (Å²) in [6.45, 7) is 2.48. The van der Waals surface area contributed by atoms with E-state index >= 15 is 0 Å². The number of ether oxygens (including phenoxy) is 1. The third-order valence-electron chi connectivity index (χ3n) is 3.23. The summed E-state index contributed by atoms with van der Waals surface area (Å²) in [6, 6.07) is 17.0. The van der Waals surface area contributed by atoms with Crippen LogP contribution in [-0.4, -0.2) is 11.7 Å². The number of hydrogen-bond acceptors (Lipinski definition) is 3. The van der Waals surface area contributed by atoms with Crippen molar-refractivity contribution in [2.75, 3.05) is 6.61 Å². The molecule has 20 heavy (non-hydrogen) atoms. The van der Waals surface area contributed by atoms with E-state index in [1.54, 1.807) is 0 Å². The number of aliphatic hydroxyl groups is 1. The molecule has 1 heterocycles. The third-order valence-corrected chi connectivity index (χ3v) is 3.23. The van der Waals surface area contributed by atoms with Crippen LogP contribution in [0, 0.1) is 0 Å². The van der Waals surface area contributed by atoms with E-state index in [4.69, 9.17) is 9.15 Å². The lowest BCUT2D eigenvalue weighted by Crippen LogP contribution is -2.02. The number of hydrogen-bond donors (Lipinski definition) is 1. The number of rotatable bonds is 4. The van der Waals surface area contributed by atoms with Crippen molar-refractivity contribution in [2.24, 2.45) is 0 Å². The van der Waals surface area contributed by atoms with Crippen LogP contribution in [0.3, 0.4) is 0 Å². The Hall–Kier alpha value is -2.26. The predicted molar refractivity (Wildman–Crippen MR) is 77.9 cm³/mol. The summed E-state index contributed by atoms with van der Waals surface area (Å²) in [5, 5.41) is 11.5. The second-order valence-corrected chi connectivity index (χ2v) is 4.56. The van der Waals surface area contributed by atoms with E-state index in [9.17, 15) is 5.11 Å². The van der Waals surface area contributed by atoms with Gasteiger partial charge < -0.3 is 14.3 Å². The smallest absolute Gasteiger partial charge is 0.140 e. The van der Waals surface area contributed by atoms with Crippen LogP contribution in [0.4, 0.5) is 0 Å². The zero-order valence-electron chi connectivity index (χ0n) is 11.2. The van der Waals surface area contributed by atoms with E-state index in [-0.39, 0.29) is 0 Å². The molecule has 0 fully saturated rings. The number of benzene rings is 2. The molecule has 0 saturated heterocycles. The Morgan fingerprint density at radius 3 is 2.65 bits per heavy atom. The SMILES string of the molecule is CCOc1ccccc1C(O)c1cc2ccccc2o1. The van der Waals surface area contributed by atoms with Gasteiger partial charge in [-0.3, -0.25) is 0 Å². The first-order valence-electron chi connectivity index (χ1n) is 6.68. The van der Waals surface area contributed by atoms with E-state index in [1.165, 1.54) is 0 Å². The van der Waals surface area contributed by atoms with Gasteiger partial charge >= 0.3 is 0 Å². The molecule has 3 nitrogen and oxygen atoms in total. The molecule has 0 radical (unpaired) electrons. The Kier molecular flexibility index (Phi) is 3.44. The second kappa shape index (κ2) is 5.39. The molecular weight excluding hydrogens is 252 g/mol. The normalized spacial score (nSPS) is 12.5. The summed E-state index contributed by atoms with van der Waals surface area (Å²) < 4.78 is 11.3. The van der Waals surface area contributed by atoms with Gasteiger partial charge in [-0.15, -0.1) is 0 Å². The van der Waals surface area contributed by atoms with Gasteiger partial charge in [0.25, 0.3) is 0 Å². The standard InChI is InChI=1S/C17H16O3/c1-2-19-15-10-6-4-8-13(15)17(18)16-11-12-7-3-5-9-14(12)20-16/h3-11,17-18H,2H2,1H3. The van der Waals surface area contributed by atoms with Crippen LogP contribution >= 0.6 is 0 Å². The van der Waals surface area contributed by atoms with E-state index in [2.05, 4.69) is 0 Å². The zero-order valence-corrected chi connectivity index (χ0v) is 11.2. The van der Waals surface area contributed by atoms with Crippen molar-refractivity contribution < 1.29 is 14.3 Å². The van der Waals surface area contributed by atoms with Crippen molar-refractivity contribution in [3.63, 3.8) is 0 Å². The highest BCUT2D eigenvalue weighted by Crippen LogP contribution is 2.32. The molecule has 1 N–H and O–H groups in total. The van der Waals surface area contributed by atoms with E-state index in [1.807, 2.05) is 61.5 Å². The second-order valence-electron chi connectivity index (χ2n) is 4.56. The number of fused-ring (bicyclic) bond motifs is 1. The topological polar surface area (TPSA) is 42.6 Å². The quantitative estimate of drug-likeness (QED) is 0.780. The highest BCUT2D eigenvalue weighted by atomic mass is 16.5. The molecule has 3 aromatic rings. The molecule has 0 amide bonds. The van der Waals surface area contributed by atoms with Gasteiger partial charge in [0, 0.05) is 10.9 Å². The summed E-state index contributed by atoms with van der Waals surface area (Å²) in [5.41, 5.74) is 1.49. The van der Waals surface area contributed by atoms with Crippen LogP contribution in [0.15, 0.2) is 59.0 Å². The van der Waals surface area contributed by atoms with Crippen LogP contribution in [-0.2, 0) is 0 Å². The lowest BCUT2D eigenvalue weighted by Gasteiger charge is -2.13. The molecule has 3 heteroatoms. The van der Waals surface area contributed by atoms with Gasteiger partial charge in [0.2, 0.25) is 0 Å². The van der Waals surface area contributed by atoms with Crippen molar-refractivity contribution in [3.8, 4) is 5.75 Å². The minimum atomic E-state index is -0.829. The fourth-order valence-electron chi connectivity index (χ4n) is 2.28. The van der Waals surface area contributed by atoms with E-state index in [0.29, 0.717) is 23.7 Å². The largest absolute Gasteiger partial charge is 0.493 e. The van der Waals surface area contributed by atoms with Crippen molar-refractivity contribution in [3.05, 3.63) is 65.9 Å². The minimum Gasteiger partial charge on any atom is -0.493 e. The number of aliphatic hydroxyl groups excluding tert-OH is 1. The van der Waals surface area contributed by atoms with Crippen molar-refractivity contribution >= 4 is 11.0 Å². The summed E-state index contributed by atoms with van der Waals surface area (Å²) in [6.07, 6.45) is -0.829. The highest BCUT2D eigenvalue weighted by molar-refractivity contribution is 5.77. The highest BCUT2D eigenvalue weighted by Gasteiger charge is 2.19. The van der Waals surface area contributed by atoms with Crippen LogP contribution in [0.1, 0.15) is 24.4 Å². The lowest BCUT2D eigenvalue weighted by molar-refractivity contribution is 0.186. The van der Waals surface area contributed by atoms with Crippen LogP contribution in [0.25, 0.3) is 11.0 Å². The number of furan rings is 1. The molecule has 0 aliphatic carbocycles. The summed E-state index contributed by atoms with van der Waals surface area (Å²) >= 11 is 0. The van der Waals surface area contributed by atoms with Crippen molar-refractivity contribution in [1.82, 2.24) is 0 Å². The summed E-state index contributed by atoms with van der Waals surface area (Å²) in [4.78, 5) is 0. The van der Waals surface area contributed by atoms with Crippen molar-refractivity contribution in [2.45, 2.75) is 13.0 Å². The Morgan fingerprint density at radius 2 is 1.85 bits per heavy atom. The van der Waals surface area contributed by atoms with Crippen LogP contribution in [0.2, 0.25) is 0 Å². The van der Waals surface area contributed by atoms with Gasteiger partial charge in [-0.25, -0.2) is 0 Å². The van der Waals surface area contributed by atoms with Gasteiger partial charge in [-0.05, 0) is 25.1 Å². The first-order valence-corrected chi connectivity index (χ1v) is 6.68. The molecule has 1 atom stereocenters. The van der Waals surface area contributed by atoms with Crippen LogP contribution in [0.5, 0.6) is 5.75 Å². The van der Waals surface area contributed by atoms with Gasteiger partial charge in [0.1, 0.15) is 23.2 Å². The van der Waals surface area contributed by atoms with E-state index < -0.39 is 6.10 Å². The summed E-state index contributed by atoms with van der Waals surface area (Å²) in [7, 11) is 0. The molecule has 3 rings (SSSR count). The maximum absolute atomic E-state index is 10.5. The Labute approximate surface area is 117 Å². The van der Waals surface area contributed by atoms with E-state index in [0.717, 1.165) is 11.0 Å². The monoisotopic (exact) mass is 268 g/mol. The molecular formula is C17H16O3. The third kappa shape index (κ3) is 2.28. The number of para-hydroxylation sites is 2. The molecule has 0 aliphatic heterocycles. The first-order chi connectivity index (χ1) is 9.79. The zero-order chi connectivity index (χ0) is 13.9.